The number of hydrogen-bond donors (Lipinski definition) is 4. The second-order valence-electron chi connectivity index (χ2n) is 12.3. The predicted molar refractivity (Wildman–Crippen MR) is 152 cm³/mol. The van der Waals surface area contributed by atoms with Crippen LogP contribution in [0, 0.1) is 0 Å². The van der Waals surface area contributed by atoms with E-state index < -0.39 is 0 Å². The number of benzene rings is 1. The summed E-state index contributed by atoms with van der Waals surface area (Å²) in [6.45, 7) is 13.9. The van der Waals surface area contributed by atoms with Crippen LogP contribution in [0.2, 0.25) is 0 Å². The Kier molecular flexibility index (Phi) is 7.45. The predicted octanol–water partition coefficient (Wildman–Crippen LogP) is 3.86. The number of likely N-dealkylation sites (tertiary alicyclic amines) is 1. The minimum atomic E-state index is -0.316. The highest BCUT2D eigenvalue weighted by Crippen LogP contribution is 2.42. The van der Waals surface area contributed by atoms with E-state index in [4.69, 9.17) is 10.5 Å². The molecule has 1 aliphatic carbocycles. The van der Waals surface area contributed by atoms with Gasteiger partial charge in [-0.2, -0.15) is 5.10 Å². The summed E-state index contributed by atoms with van der Waals surface area (Å²) < 4.78 is 5.81. The van der Waals surface area contributed by atoms with Gasteiger partial charge in [-0.15, -0.1) is 0 Å². The third kappa shape index (κ3) is 6.29. The fourth-order valence-corrected chi connectivity index (χ4v) is 5.53. The molecule has 3 aromatic rings. The van der Waals surface area contributed by atoms with E-state index in [0.29, 0.717) is 30.6 Å². The molecule has 0 radical (unpaired) electrons. The maximum Gasteiger partial charge on any atom is 0.276 e. The van der Waals surface area contributed by atoms with E-state index in [9.17, 15) is 4.79 Å². The number of nitrogens with two attached hydrogens (primary N) is 1. The van der Waals surface area contributed by atoms with Gasteiger partial charge < -0.3 is 15.8 Å². The van der Waals surface area contributed by atoms with Crippen LogP contribution in [0.1, 0.15) is 74.6 Å². The zero-order valence-corrected chi connectivity index (χ0v) is 23.6. The molecule has 0 unspecified atom stereocenters. The first kappa shape index (κ1) is 27.2. The lowest BCUT2D eigenvalue weighted by atomic mass is 9.73. The highest BCUT2D eigenvalue weighted by atomic mass is 16.5. The van der Waals surface area contributed by atoms with Crippen molar-refractivity contribution in [1.29, 1.82) is 0 Å². The van der Waals surface area contributed by atoms with Crippen molar-refractivity contribution in [2.45, 2.75) is 77.5 Å². The van der Waals surface area contributed by atoms with Gasteiger partial charge in [0.1, 0.15) is 0 Å². The summed E-state index contributed by atoms with van der Waals surface area (Å²) in [5.41, 5.74) is 11.0. The minimum absolute atomic E-state index is 0.129. The summed E-state index contributed by atoms with van der Waals surface area (Å²) >= 11 is 0. The molecule has 5 N–H and O–H groups in total. The zero-order valence-electron chi connectivity index (χ0n) is 23.6. The number of anilines is 2. The standard InChI is InChI=1S/C29H40N8O2/c1-28(2,3)39-17-32-20-9-11-37(12-10-20)16-18-7-6-8-21(13-18)33-26(38)25-22-24(35-36-25)23-19(14-29(22,4)5)15-31-27(30)34-23/h6-8,13,15,20,32H,9-12,14,16-17H2,1-5H3,(H,33,38)(H,35,36)(H2,30,31,34). The highest BCUT2D eigenvalue weighted by molar-refractivity contribution is 6.05. The van der Waals surface area contributed by atoms with E-state index in [2.05, 4.69) is 76.4 Å². The fraction of sp³-hybridized carbons (Fsp3) is 0.517. The molecule has 0 bridgehead atoms. The number of aromatic amines is 1. The lowest BCUT2D eigenvalue weighted by molar-refractivity contribution is -0.0201. The van der Waals surface area contributed by atoms with Gasteiger partial charge in [0, 0.05) is 30.0 Å². The zero-order chi connectivity index (χ0) is 27.8. The number of hydrogen-bond acceptors (Lipinski definition) is 8. The van der Waals surface area contributed by atoms with E-state index in [1.54, 1.807) is 6.20 Å². The summed E-state index contributed by atoms with van der Waals surface area (Å²) in [5.74, 6) is -0.0422. The lowest BCUT2D eigenvalue weighted by Crippen LogP contribution is -2.43. The van der Waals surface area contributed by atoms with Gasteiger partial charge in [0.05, 0.1) is 23.7 Å². The molecule has 0 atom stereocenters. The Morgan fingerprint density at radius 1 is 1.26 bits per heavy atom. The summed E-state index contributed by atoms with van der Waals surface area (Å²) in [6, 6.07) is 8.54. The molecule has 1 saturated heterocycles. The van der Waals surface area contributed by atoms with Gasteiger partial charge in [0.2, 0.25) is 5.95 Å². The van der Waals surface area contributed by atoms with Gasteiger partial charge in [-0.25, -0.2) is 9.97 Å². The molecule has 1 fully saturated rings. The third-order valence-corrected chi connectivity index (χ3v) is 7.47. The van der Waals surface area contributed by atoms with Crippen LogP contribution in [0.15, 0.2) is 30.5 Å². The average Bonchev–Trinajstić information content (AvgIpc) is 3.32. The van der Waals surface area contributed by atoms with Crippen molar-refractivity contribution in [3.05, 3.63) is 52.8 Å². The first-order valence-electron chi connectivity index (χ1n) is 13.7. The van der Waals surface area contributed by atoms with Crippen LogP contribution in [0.25, 0.3) is 11.4 Å². The molecule has 1 amide bonds. The maximum absolute atomic E-state index is 13.4. The third-order valence-electron chi connectivity index (χ3n) is 7.47. The highest BCUT2D eigenvalue weighted by Gasteiger charge is 2.38. The number of H-pyrrole nitrogens is 1. The van der Waals surface area contributed by atoms with E-state index in [1.165, 1.54) is 5.56 Å². The molecule has 10 heteroatoms. The number of carbonyl (C=O) groups excluding carboxylic acids is 1. The Hall–Kier alpha value is -3.34. The summed E-state index contributed by atoms with van der Waals surface area (Å²) in [6.07, 6.45) is 4.63. The number of fused-ring (bicyclic) bond motifs is 3. The van der Waals surface area contributed by atoms with E-state index in [1.807, 2.05) is 18.2 Å². The molecule has 3 heterocycles. The normalized spacial score (nSPS) is 17.5. The van der Waals surface area contributed by atoms with Crippen molar-refractivity contribution >= 4 is 17.5 Å². The van der Waals surface area contributed by atoms with Crippen molar-refractivity contribution in [2.24, 2.45) is 0 Å². The van der Waals surface area contributed by atoms with Crippen LogP contribution in [0.5, 0.6) is 0 Å². The summed E-state index contributed by atoms with van der Waals surface area (Å²) in [5, 5.41) is 14.0. The monoisotopic (exact) mass is 532 g/mol. The van der Waals surface area contributed by atoms with Gasteiger partial charge in [-0.05, 0) is 81.8 Å². The van der Waals surface area contributed by atoms with Crippen molar-refractivity contribution in [1.82, 2.24) is 30.4 Å². The topological polar surface area (TPSA) is 134 Å². The number of nitrogen functional groups attached to an aromatic ring is 1. The molecular formula is C29H40N8O2. The van der Waals surface area contributed by atoms with Gasteiger partial charge in [-0.1, -0.05) is 26.0 Å². The Morgan fingerprint density at radius 3 is 2.77 bits per heavy atom. The lowest BCUT2D eigenvalue weighted by Gasteiger charge is -2.33. The second-order valence-corrected chi connectivity index (χ2v) is 12.3. The quantitative estimate of drug-likeness (QED) is 0.337. The van der Waals surface area contributed by atoms with E-state index in [-0.39, 0.29) is 22.9 Å². The number of amides is 1. The van der Waals surface area contributed by atoms with Gasteiger partial charge in [-0.3, -0.25) is 20.1 Å². The smallest absolute Gasteiger partial charge is 0.276 e. The van der Waals surface area contributed by atoms with Crippen LogP contribution in [-0.2, 0) is 23.1 Å². The first-order chi connectivity index (χ1) is 18.5. The molecule has 39 heavy (non-hydrogen) atoms. The number of nitrogens with zero attached hydrogens (tertiary/aromatic N) is 4. The molecule has 0 spiro atoms. The molecule has 1 aliphatic heterocycles. The maximum atomic E-state index is 13.4. The molecule has 0 saturated carbocycles. The second kappa shape index (κ2) is 10.7. The van der Waals surface area contributed by atoms with Crippen LogP contribution in [-0.4, -0.2) is 62.4 Å². The molecular weight excluding hydrogens is 492 g/mol. The van der Waals surface area contributed by atoms with Crippen molar-refractivity contribution < 1.29 is 9.53 Å². The van der Waals surface area contributed by atoms with Crippen LogP contribution in [0.4, 0.5) is 11.6 Å². The molecule has 10 nitrogen and oxygen atoms in total. The molecule has 208 valence electrons. The summed E-state index contributed by atoms with van der Waals surface area (Å²) in [7, 11) is 0. The Bertz CT molecular complexity index is 1340. The van der Waals surface area contributed by atoms with Gasteiger partial charge in [0.15, 0.2) is 5.69 Å². The first-order valence-corrected chi connectivity index (χ1v) is 13.7. The molecule has 5 rings (SSSR count). The number of rotatable bonds is 7. The van der Waals surface area contributed by atoms with Crippen molar-refractivity contribution in [3.8, 4) is 11.4 Å². The average molecular weight is 533 g/mol. The molecule has 1 aromatic carbocycles. The molecule has 2 aromatic heterocycles. The van der Waals surface area contributed by atoms with Gasteiger partial charge in [0.25, 0.3) is 5.91 Å². The number of nitrogens with one attached hydrogen (secondary N) is 3. The van der Waals surface area contributed by atoms with Crippen molar-refractivity contribution in [2.75, 3.05) is 30.9 Å². The fourth-order valence-electron chi connectivity index (χ4n) is 5.53. The summed E-state index contributed by atoms with van der Waals surface area (Å²) in [4.78, 5) is 24.4. The van der Waals surface area contributed by atoms with Crippen LogP contribution in [0.3, 0.4) is 0 Å². The van der Waals surface area contributed by atoms with E-state index in [0.717, 1.165) is 55.0 Å². The number of aromatic nitrogens is 4. The number of piperidine rings is 1. The van der Waals surface area contributed by atoms with Gasteiger partial charge >= 0.3 is 0 Å². The van der Waals surface area contributed by atoms with E-state index >= 15 is 0 Å². The van der Waals surface area contributed by atoms with Crippen LogP contribution >= 0.6 is 0 Å². The Morgan fingerprint density at radius 2 is 2.03 bits per heavy atom. The Balaban J connectivity index is 1.22. The largest absolute Gasteiger partial charge is 0.368 e. The number of carbonyl (C=O) groups is 1. The van der Waals surface area contributed by atoms with Crippen LogP contribution < -0.4 is 16.4 Å². The SMILES string of the molecule is CC(C)(C)OCNC1CCN(Cc2cccc(NC(=O)c3n[nH]c4c3C(C)(C)Cc3cnc(N)nc3-4)c2)CC1. The molecule has 2 aliphatic rings. The van der Waals surface area contributed by atoms with Crippen molar-refractivity contribution in [3.63, 3.8) is 0 Å². The Labute approximate surface area is 230 Å². The minimum Gasteiger partial charge on any atom is -0.368 e. The number of ether oxygens (including phenoxy) is 1.